The van der Waals surface area contributed by atoms with Gasteiger partial charge < -0.3 is 14.4 Å². The van der Waals surface area contributed by atoms with E-state index in [2.05, 4.69) is 10.1 Å². The van der Waals surface area contributed by atoms with E-state index in [0.717, 1.165) is 11.3 Å². The molecule has 0 amide bonds. The van der Waals surface area contributed by atoms with Gasteiger partial charge in [0.25, 0.3) is 0 Å². The van der Waals surface area contributed by atoms with Crippen molar-refractivity contribution < 1.29 is 19.2 Å². The largest absolute Gasteiger partial charge is 0.482 e. The fourth-order valence-electron chi connectivity index (χ4n) is 2.60. The molecule has 1 saturated carbocycles. The zero-order valence-corrected chi connectivity index (χ0v) is 10.5. The number of hydrogen-bond donors (Lipinski definition) is 1. The molecule has 4 rings (SSSR count). The Bertz CT molecular complexity index is 656. The highest BCUT2D eigenvalue weighted by molar-refractivity contribution is 5.74. The predicted molar refractivity (Wildman–Crippen MR) is 66.3 cm³/mol. The average Bonchev–Trinajstić information content (AvgIpc) is 2.93. The van der Waals surface area contributed by atoms with E-state index in [4.69, 9.17) is 14.4 Å². The number of para-hydroxylation sites is 1. The Hall–Kier alpha value is -2.37. The molecule has 1 aliphatic carbocycles. The first-order valence-electron chi connectivity index (χ1n) is 6.53. The number of rotatable bonds is 3. The standard InChI is InChI=1S/C14H12N2O4/c17-14(18)9-6-8(9)13-15-12(16-20-13)11-5-7-3-1-2-4-10(7)19-11/h1-4,8-9,11H,5-6H2,(H,17,18). The first-order valence-corrected chi connectivity index (χ1v) is 6.53. The van der Waals surface area contributed by atoms with Crippen LogP contribution in [0.15, 0.2) is 28.8 Å². The summed E-state index contributed by atoms with van der Waals surface area (Å²) in [7, 11) is 0. The maximum Gasteiger partial charge on any atom is 0.307 e. The zero-order chi connectivity index (χ0) is 13.7. The Labute approximate surface area is 114 Å². The zero-order valence-electron chi connectivity index (χ0n) is 10.5. The van der Waals surface area contributed by atoms with Gasteiger partial charge >= 0.3 is 5.97 Å². The lowest BCUT2D eigenvalue weighted by Gasteiger charge is -2.04. The van der Waals surface area contributed by atoms with Gasteiger partial charge in [-0.15, -0.1) is 0 Å². The van der Waals surface area contributed by atoms with E-state index in [0.29, 0.717) is 24.6 Å². The number of hydrogen-bond acceptors (Lipinski definition) is 5. The molecular weight excluding hydrogens is 260 g/mol. The van der Waals surface area contributed by atoms with Crippen molar-refractivity contribution in [1.29, 1.82) is 0 Å². The van der Waals surface area contributed by atoms with Crippen molar-refractivity contribution in [3.63, 3.8) is 0 Å². The van der Waals surface area contributed by atoms with Crippen LogP contribution in [0.5, 0.6) is 5.75 Å². The molecule has 2 heterocycles. The van der Waals surface area contributed by atoms with Crippen LogP contribution in [0.1, 0.15) is 35.7 Å². The van der Waals surface area contributed by atoms with E-state index in [1.165, 1.54) is 0 Å². The minimum Gasteiger partial charge on any atom is -0.482 e. The Balaban J connectivity index is 1.52. The van der Waals surface area contributed by atoms with Crippen molar-refractivity contribution in [3.8, 4) is 5.75 Å². The van der Waals surface area contributed by atoms with Crippen LogP contribution in [0.4, 0.5) is 0 Å². The van der Waals surface area contributed by atoms with Crippen molar-refractivity contribution in [3.05, 3.63) is 41.5 Å². The van der Waals surface area contributed by atoms with Crippen molar-refractivity contribution in [2.45, 2.75) is 24.9 Å². The van der Waals surface area contributed by atoms with Gasteiger partial charge in [-0.1, -0.05) is 23.4 Å². The number of ether oxygens (including phenoxy) is 1. The van der Waals surface area contributed by atoms with Crippen molar-refractivity contribution in [1.82, 2.24) is 10.1 Å². The molecule has 1 N–H and O–H groups in total. The summed E-state index contributed by atoms with van der Waals surface area (Å²) in [5, 5.41) is 12.8. The van der Waals surface area contributed by atoms with E-state index in [-0.39, 0.29) is 17.9 Å². The summed E-state index contributed by atoms with van der Waals surface area (Å²) >= 11 is 0. The quantitative estimate of drug-likeness (QED) is 0.918. The van der Waals surface area contributed by atoms with Gasteiger partial charge in [-0.3, -0.25) is 4.79 Å². The smallest absolute Gasteiger partial charge is 0.307 e. The maximum absolute atomic E-state index is 10.8. The minimum absolute atomic E-state index is 0.141. The van der Waals surface area contributed by atoms with E-state index >= 15 is 0 Å². The molecule has 1 aliphatic heterocycles. The second kappa shape index (κ2) is 4.06. The molecule has 102 valence electrons. The fraction of sp³-hybridized carbons (Fsp3) is 0.357. The number of benzene rings is 1. The van der Waals surface area contributed by atoms with E-state index in [9.17, 15) is 4.79 Å². The van der Waals surface area contributed by atoms with Gasteiger partial charge in [0.2, 0.25) is 11.7 Å². The van der Waals surface area contributed by atoms with Gasteiger partial charge in [-0.25, -0.2) is 0 Å². The van der Waals surface area contributed by atoms with E-state index in [1.54, 1.807) is 0 Å². The number of carbonyl (C=O) groups is 1. The molecule has 3 atom stereocenters. The average molecular weight is 272 g/mol. The maximum atomic E-state index is 10.8. The molecule has 0 radical (unpaired) electrons. The Morgan fingerprint density at radius 1 is 1.35 bits per heavy atom. The lowest BCUT2D eigenvalue weighted by atomic mass is 10.1. The third-order valence-electron chi connectivity index (χ3n) is 3.82. The van der Waals surface area contributed by atoms with E-state index in [1.807, 2.05) is 24.3 Å². The Morgan fingerprint density at radius 3 is 2.95 bits per heavy atom. The van der Waals surface area contributed by atoms with Gasteiger partial charge in [0.05, 0.1) is 11.8 Å². The topological polar surface area (TPSA) is 85.5 Å². The normalized spacial score (nSPS) is 26.9. The second-order valence-corrected chi connectivity index (χ2v) is 5.20. The third-order valence-corrected chi connectivity index (χ3v) is 3.82. The van der Waals surface area contributed by atoms with Gasteiger partial charge in [-0.2, -0.15) is 4.98 Å². The molecular formula is C14H12N2O4. The molecule has 2 aromatic rings. The number of aromatic nitrogens is 2. The number of aliphatic carboxylic acids is 1. The molecule has 6 nitrogen and oxygen atoms in total. The molecule has 0 spiro atoms. The first kappa shape index (κ1) is 11.5. The monoisotopic (exact) mass is 272 g/mol. The van der Waals surface area contributed by atoms with Crippen LogP contribution in [0.2, 0.25) is 0 Å². The number of carboxylic acids is 1. The molecule has 3 unspecified atom stereocenters. The van der Waals surface area contributed by atoms with Crippen LogP contribution < -0.4 is 4.74 Å². The summed E-state index contributed by atoms with van der Waals surface area (Å²) in [5.74, 6) is 0.416. The molecule has 2 aliphatic rings. The van der Waals surface area contributed by atoms with Crippen LogP contribution in [0.3, 0.4) is 0 Å². The Kier molecular flexibility index (Phi) is 2.33. The predicted octanol–water partition coefficient (Wildman–Crippen LogP) is 1.93. The minimum atomic E-state index is -0.806. The van der Waals surface area contributed by atoms with Crippen molar-refractivity contribution >= 4 is 5.97 Å². The van der Waals surface area contributed by atoms with Crippen LogP contribution >= 0.6 is 0 Å². The lowest BCUT2D eigenvalue weighted by Crippen LogP contribution is -2.05. The SMILES string of the molecule is O=C(O)C1CC1c1nc(C2Cc3ccccc3O2)no1. The van der Waals surface area contributed by atoms with Gasteiger partial charge in [0, 0.05) is 6.42 Å². The molecule has 20 heavy (non-hydrogen) atoms. The molecule has 0 saturated heterocycles. The van der Waals surface area contributed by atoms with Crippen LogP contribution in [0.25, 0.3) is 0 Å². The highest BCUT2D eigenvalue weighted by Gasteiger charge is 2.48. The van der Waals surface area contributed by atoms with Gasteiger partial charge in [0.1, 0.15) is 5.75 Å². The summed E-state index contributed by atoms with van der Waals surface area (Å²) in [5.41, 5.74) is 1.12. The molecule has 1 fully saturated rings. The number of nitrogens with zero attached hydrogens (tertiary/aromatic N) is 2. The molecule has 1 aromatic carbocycles. The lowest BCUT2D eigenvalue weighted by molar-refractivity contribution is -0.138. The van der Waals surface area contributed by atoms with Gasteiger partial charge in [-0.05, 0) is 18.1 Å². The molecule has 1 aromatic heterocycles. The number of fused-ring (bicyclic) bond motifs is 1. The summed E-state index contributed by atoms with van der Waals surface area (Å²) in [6, 6.07) is 7.81. The fourth-order valence-corrected chi connectivity index (χ4v) is 2.60. The second-order valence-electron chi connectivity index (χ2n) is 5.20. The molecule has 6 heteroatoms. The first-order chi connectivity index (χ1) is 9.72. The molecule has 0 bridgehead atoms. The summed E-state index contributed by atoms with van der Waals surface area (Å²) in [6.07, 6.45) is 1.04. The third kappa shape index (κ3) is 1.76. The van der Waals surface area contributed by atoms with Crippen LogP contribution in [-0.2, 0) is 11.2 Å². The number of carboxylic acid groups (broad SMARTS) is 1. The summed E-state index contributed by atoms with van der Waals surface area (Å²) in [4.78, 5) is 15.1. The summed E-state index contributed by atoms with van der Waals surface area (Å²) < 4.78 is 11.0. The Morgan fingerprint density at radius 2 is 2.20 bits per heavy atom. The van der Waals surface area contributed by atoms with Crippen LogP contribution in [0, 0.1) is 5.92 Å². The van der Waals surface area contributed by atoms with Crippen molar-refractivity contribution in [2.24, 2.45) is 5.92 Å². The van der Waals surface area contributed by atoms with E-state index < -0.39 is 5.97 Å². The van der Waals surface area contributed by atoms with Crippen molar-refractivity contribution in [2.75, 3.05) is 0 Å². The highest BCUT2D eigenvalue weighted by atomic mass is 16.5. The summed E-state index contributed by atoms with van der Waals surface area (Å²) in [6.45, 7) is 0. The highest BCUT2D eigenvalue weighted by Crippen LogP contribution is 2.47. The van der Waals surface area contributed by atoms with Gasteiger partial charge in [0.15, 0.2) is 6.10 Å². The van der Waals surface area contributed by atoms with Crippen LogP contribution in [-0.4, -0.2) is 21.2 Å².